The second-order valence-corrected chi connectivity index (χ2v) is 4.87. The topological polar surface area (TPSA) is 39.7 Å². The summed E-state index contributed by atoms with van der Waals surface area (Å²) in [5.74, 6) is 1.25. The smallest absolute Gasteiger partial charge is 0.359 e. The summed E-state index contributed by atoms with van der Waals surface area (Å²) in [5.41, 5.74) is 0. The molecule has 1 aliphatic heterocycles. The van der Waals surface area contributed by atoms with Gasteiger partial charge in [0.2, 0.25) is 0 Å². The Labute approximate surface area is 112 Å². The summed E-state index contributed by atoms with van der Waals surface area (Å²) in [5, 5.41) is 6.09. The van der Waals surface area contributed by atoms with Crippen molar-refractivity contribution in [1.29, 1.82) is 0 Å². The third kappa shape index (κ3) is 6.66. The van der Waals surface area contributed by atoms with Crippen molar-refractivity contribution in [3.05, 3.63) is 0 Å². The summed E-state index contributed by atoms with van der Waals surface area (Å²) in [6.07, 6.45) is -1.42. The van der Waals surface area contributed by atoms with E-state index < -0.39 is 12.7 Å². The number of rotatable bonds is 4. The third-order valence-corrected chi connectivity index (χ3v) is 3.42. The van der Waals surface area contributed by atoms with Gasteiger partial charge in [-0.25, -0.2) is 0 Å². The minimum atomic E-state index is -4.08. The number of hydrogen-bond donors (Lipinski definition) is 2. The van der Waals surface area contributed by atoms with E-state index in [1.807, 2.05) is 0 Å². The van der Waals surface area contributed by atoms with E-state index in [0.717, 1.165) is 31.8 Å². The van der Waals surface area contributed by atoms with Crippen LogP contribution in [-0.2, 0) is 0 Å². The van der Waals surface area contributed by atoms with E-state index in [1.54, 1.807) is 14.1 Å². The molecule has 0 amide bonds. The summed E-state index contributed by atoms with van der Waals surface area (Å²) in [7, 11) is 3.50. The molecule has 1 saturated heterocycles. The SMILES string of the molecule is CN=C(NC)NCCC1CCN(CC(F)(F)F)CC1. The minimum absolute atomic E-state index is 0.506. The summed E-state index contributed by atoms with van der Waals surface area (Å²) in [6, 6.07) is 0. The maximum absolute atomic E-state index is 12.2. The molecule has 2 N–H and O–H groups in total. The van der Waals surface area contributed by atoms with Crippen LogP contribution < -0.4 is 10.6 Å². The van der Waals surface area contributed by atoms with E-state index in [0.29, 0.717) is 19.0 Å². The van der Waals surface area contributed by atoms with Crippen LogP contribution in [0.25, 0.3) is 0 Å². The van der Waals surface area contributed by atoms with Gasteiger partial charge in [-0.05, 0) is 38.3 Å². The molecule has 7 heteroatoms. The number of nitrogens with one attached hydrogen (secondary N) is 2. The fraction of sp³-hybridized carbons (Fsp3) is 0.917. The van der Waals surface area contributed by atoms with Crippen molar-refractivity contribution in [1.82, 2.24) is 15.5 Å². The maximum atomic E-state index is 12.2. The second-order valence-electron chi connectivity index (χ2n) is 4.87. The van der Waals surface area contributed by atoms with Crippen LogP contribution >= 0.6 is 0 Å². The highest BCUT2D eigenvalue weighted by Crippen LogP contribution is 2.23. The van der Waals surface area contributed by atoms with Crippen molar-refractivity contribution in [2.45, 2.75) is 25.4 Å². The number of guanidine groups is 1. The van der Waals surface area contributed by atoms with Gasteiger partial charge in [0.1, 0.15) is 0 Å². The van der Waals surface area contributed by atoms with E-state index in [9.17, 15) is 13.2 Å². The first kappa shape index (κ1) is 16.1. The predicted molar refractivity (Wildman–Crippen MR) is 70.3 cm³/mol. The Morgan fingerprint density at radius 3 is 2.42 bits per heavy atom. The first-order valence-electron chi connectivity index (χ1n) is 6.62. The number of piperidine rings is 1. The molecule has 1 rings (SSSR count). The molecule has 0 unspecified atom stereocenters. The second kappa shape index (κ2) is 7.57. The van der Waals surface area contributed by atoms with Gasteiger partial charge in [-0.3, -0.25) is 9.89 Å². The lowest BCUT2D eigenvalue weighted by Crippen LogP contribution is -2.41. The van der Waals surface area contributed by atoms with Crippen LogP contribution in [0.4, 0.5) is 13.2 Å². The molecule has 0 bridgehead atoms. The summed E-state index contributed by atoms with van der Waals surface area (Å²) in [6.45, 7) is 1.12. The Bertz CT molecular complexity index is 283. The Hall–Kier alpha value is -0.980. The molecule has 0 aromatic carbocycles. The molecule has 1 heterocycles. The monoisotopic (exact) mass is 280 g/mol. The molecular formula is C12H23F3N4. The van der Waals surface area contributed by atoms with Crippen molar-refractivity contribution >= 4 is 5.96 Å². The molecule has 19 heavy (non-hydrogen) atoms. The highest BCUT2D eigenvalue weighted by molar-refractivity contribution is 5.79. The molecule has 0 aromatic heterocycles. The number of halogens is 3. The highest BCUT2D eigenvalue weighted by atomic mass is 19.4. The molecule has 4 nitrogen and oxygen atoms in total. The predicted octanol–water partition coefficient (Wildman–Crippen LogP) is 1.45. The quantitative estimate of drug-likeness (QED) is 0.605. The van der Waals surface area contributed by atoms with Gasteiger partial charge in [0, 0.05) is 20.6 Å². The molecule has 0 aliphatic carbocycles. The molecule has 0 aromatic rings. The molecule has 0 spiro atoms. The average Bonchev–Trinajstić information content (AvgIpc) is 2.35. The Balaban J connectivity index is 2.17. The number of nitrogens with zero attached hydrogens (tertiary/aromatic N) is 2. The van der Waals surface area contributed by atoms with Gasteiger partial charge < -0.3 is 10.6 Å². The molecule has 1 fully saturated rings. The lowest BCUT2D eigenvalue weighted by molar-refractivity contribution is -0.148. The number of hydrogen-bond acceptors (Lipinski definition) is 2. The van der Waals surface area contributed by atoms with Crippen LogP contribution in [0.3, 0.4) is 0 Å². The van der Waals surface area contributed by atoms with E-state index in [4.69, 9.17) is 0 Å². The lowest BCUT2D eigenvalue weighted by Gasteiger charge is -2.32. The van der Waals surface area contributed by atoms with Crippen LogP contribution in [0.5, 0.6) is 0 Å². The van der Waals surface area contributed by atoms with Crippen molar-refractivity contribution < 1.29 is 13.2 Å². The summed E-state index contributed by atoms with van der Waals surface area (Å²) in [4.78, 5) is 5.50. The average molecular weight is 280 g/mol. The van der Waals surface area contributed by atoms with E-state index in [1.165, 1.54) is 4.90 Å². The first-order chi connectivity index (χ1) is 8.94. The molecule has 0 saturated carbocycles. The van der Waals surface area contributed by atoms with Gasteiger partial charge in [-0.1, -0.05) is 0 Å². The molecule has 1 aliphatic rings. The van der Waals surface area contributed by atoms with Crippen molar-refractivity contribution in [3.63, 3.8) is 0 Å². The van der Waals surface area contributed by atoms with Gasteiger partial charge in [0.15, 0.2) is 5.96 Å². The van der Waals surface area contributed by atoms with Gasteiger partial charge in [-0.15, -0.1) is 0 Å². The standard InChI is InChI=1S/C12H23F3N4/c1-16-11(17-2)18-6-3-10-4-7-19(8-5-10)9-12(13,14)15/h10H,3-9H2,1-2H3,(H2,16,17,18). The largest absolute Gasteiger partial charge is 0.401 e. The summed E-state index contributed by atoms with van der Waals surface area (Å²) < 4.78 is 36.7. The Kier molecular flexibility index (Phi) is 6.41. The van der Waals surface area contributed by atoms with Gasteiger partial charge in [0.05, 0.1) is 6.54 Å². The molecular weight excluding hydrogens is 257 g/mol. The van der Waals surface area contributed by atoms with Crippen LogP contribution in [0.1, 0.15) is 19.3 Å². The maximum Gasteiger partial charge on any atom is 0.401 e. The normalized spacial score (nSPS) is 19.5. The summed E-state index contributed by atoms with van der Waals surface area (Å²) >= 11 is 0. The van der Waals surface area contributed by atoms with Crippen LogP contribution in [0.15, 0.2) is 4.99 Å². The van der Waals surface area contributed by atoms with Crippen molar-refractivity contribution in [2.24, 2.45) is 10.9 Å². The Morgan fingerprint density at radius 1 is 1.32 bits per heavy atom. The van der Waals surface area contributed by atoms with Crippen LogP contribution in [0, 0.1) is 5.92 Å². The van der Waals surface area contributed by atoms with Crippen LogP contribution in [-0.4, -0.2) is 57.3 Å². The highest BCUT2D eigenvalue weighted by Gasteiger charge is 2.32. The van der Waals surface area contributed by atoms with E-state index >= 15 is 0 Å². The van der Waals surface area contributed by atoms with Crippen molar-refractivity contribution in [3.8, 4) is 0 Å². The number of likely N-dealkylation sites (tertiary alicyclic amines) is 1. The van der Waals surface area contributed by atoms with Gasteiger partial charge in [0.25, 0.3) is 0 Å². The van der Waals surface area contributed by atoms with Gasteiger partial charge in [-0.2, -0.15) is 13.2 Å². The lowest BCUT2D eigenvalue weighted by atomic mass is 9.93. The zero-order chi connectivity index (χ0) is 14.3. The van der Waals surface area contributed by atoms with Crippen LogP contribution in [0.2, 0.25) is 0 Å². The zero-order valence-electron chi connectivity index (χ0n) is 11.6. The molecule has 112 valence electrons. The third-order valence-electron chi connectivity index (χ3n) is 3.42. The minimum Gasteiger partial charge on any atom is -0.359 e. The Morgan fingerprint density at radius 2 is 1.95 bits per heavy atom. The van der Waals surface area contributed by atoms with E-state index in [-0.39, 0.29) is 0 Å². The number of aliphatic imine (C=N–C) groups is 1. The van der Waals surface area contributed by atoms with Gasteiger partial charge >= 0.3 is 6.18 Å². The zero-order valence-corrected chi connectivity index (χ0v) is 11.6. The number of alkyl halides is 3. The fourth-order valence-electron chi connectivity index (χ4n) is 2.36. The van der Waals surface area contributed by atoms with Crippen molar-refractivity contribution in [2.75, 3.05) is 40.3 Å². The van der Waals surface area contributed by atoms with E-state index in [2.05, 4.69) is 15.6 Å². The fourth-order valence-corrected chi connectivity index (χ4v) is 2.36. The molecule has 0 atom stereocenters. The first-order valence-corrected chi connectivity index (χ1v) is 6.62. The molecule has 0 radical (unpaired) electrons.